The molecule has 0 aliphatic heterocycles. The second kappa shape index (κ2) is 19.2. The van der Waals surface area contributed by atoms with Crippen molar-refractivity contribution in [3.63, 3.8) is 0 Å². The van der Waals surface area contributed by atoms with Gasteiger partial charge in [-0.25, -0.2) is 9.59 Å². The number of rotatable bonds is 14. The Labute approximate surface area is 389 Å². The van der Waals surface area contributed by atoms with Gasteiger partial charge in [0, 0.05) is 35.5 Å². The fourth-order valence-electron chi connectivity index (χ4n) is 7.80. The van der Waals surface area contributed by atoms with Crippen LogP contribution in [-0.2, 0) is 9.98 Å². The van der Waals surface area contributed by atoms with Crippen LogP contribution in [0, 0.1) is 6.92 Å². The van der Waals surface area contributed by atoms with Crippen molar-refractivity contribution < 1.29 is 69.8 Å². The number of carbonyl (C=O) groups excluding carboxylic acids is 2. The molecule has 0 radical (unpaired) electrons. The smallest absolute Gasteiger partial charge is 0.411 e. The van der Waals surface area contributed by atoms with Crippen LogP contribution in [0.4, 0.5) is 32.0 Å². The Hall–Kier alpha value is -8.17. The van der Waals surface area contributed by atoms with E-state index in [9.17, 15) is 29.4 Å². The molecule has 0 aliphatic rings. The van der Waals surface area contributed by atoms with Crippen molar-refractivity contribution in [3.05, 3.63) is 203 Å². The number of aromatic carboxylic acids is 2. The third-order valence-electron chi connectivity index (χ3n) is 11.0. The normalized spacial score (nSPS) is 11.9. The van der Waals surface area contributed by atoms with Gasteiger partial charge in [-0.3, -0.25) is 9.59 Å². The molecule has 69 heavy (non-hydrogen) atoms. The van der Waals surface area contributed by atoms with Gasteiger partial charge < -0.3 is 34.9 Å². The van der Waals surface area contributed by atoms with Gasteiger partial charge >= 0.3 is 24.3 Å². The number of ether oxygens (including phenoxy) is 2. The van der Waals surface area contributed by atoms with E-state index in [2.05, 4.69) is 5.32 Å². The van der Waals surface area contributed by atoms with Crippen LogP contribution in [0.1, 0.15) is 58.1 Å². The van der Waals surface area contributed by atoms with Crippen LogP contribution >= 0.6 is 7.14 Å². The third-order valence-corrected chi connectivity index (χ3v) is 14.1. The molecule has 0 saturated carbocycles. The highest BCUT2D eigenvalue weighted by Gasteiger charge is 2.72. The predicted molar refractivity (Wildman–Crippen MR) is 245 cm³/mol. The highest BCUT2D eigenvalue weighted by molar-refractivity contribution is 7.85. The predicted octanol–water partition coefficient (Wildman–Crippen LogP) is 10.6. The largest absolute Gasteiger partial charge is 0.478 e. The first-order valence-corrected chi connectivity index (χ1v) is 22.2. The molecule has 0 aromatic heterocycles. The number of benzene rings is 7. The lowest BCUT2D eigenvalue weighted by molar-refractivity contribution is -0.288. The van der Waals surface area contributed by atoms with Gasteiger partial charge in [-0.2, -0.15) is 26.3 Å². The Kier molecular flexibility index (Phi) is 13.6. The SMILES string of the molecule is CNC(=O)c1cc(C(c2ccc(C(=O)O)c(C(=O)Nc3cccc(Oc4cc(Oc5cccc(C)c5)ccc4P(=O)(c4ccccc4)c4ccccc4)c3)c2)(C(F)(F)F)C(F)(F)F)ccc1C(=O)O. The first kappa shape index (κ1) is 48.8. The zero-order valence-corrected chi connectivity index (χ0v) is 37.0. The van der Waals surface area contributed by atoms with E-state index in [0.29, 0.717) is 28.5 Å². The van der Waals surface area contributed by atoms with Crippen molar-refractivity contribution in [1.29, 1.82) is 0 Å². The lowest BCUT2D eigenvalue weighted by atomic mass is 9.71. The number of halogens is 6. The average molecular weight is 967 g/mol. The van der Waals surface area contributed by atoms with Crippen LogP contribution in [0.5, 0.6) is 23.0 Å². The van der Waals surface area contributed by atoms with E-state index in [0.717, 1.165) is 12.6 Å². The second-order valence-electron chi connectivity index (χ2n) is 15.4. The summed E-state index contributed by atoms with van der Waals surface area (Å²) in [5, 5.41) is 25.1. The molecule has 18 heteroatoms. The molecule has 0 atom stereocenters. The summed E-state index contributed by atoms with van der Waals surface area (Å²) in [4.78, 5) is 50.9. The Morgan fingerprint density at radius 1 is 0.522 bits per heavy atom. The van der Waals surface area contributed by atoms with E-state index in [1.54, 1.807) is 91.0 Å². The molecule has 0 aliphatic carbocycles. The van der Waals surface area contributed by atoms with E-state index < -0.39 is 82.0 Å². The average Bonchev–Trinajstić information content (AvgIpc) is 3.31. The number of carboxylic acid groups (broad SMARTS) is 2. The second-order valence-corrected chi connectivity index (χ2v) is 18.1. The van der Waals surface area contributed by atoms with Crippen LogP contribution in [0.25, 0.3) is 0 Å². The minimum absolute atomic E-state index is 0.0217. The van der Waals surface area contributed by atoms with Crippen molar-refractivity contribution in [2.45, 2.75) is 24.7 Å². The van der Waals surface area contributed by atoms with Crippen LogP contribution in [0.15, 0.2) is 164 Å². The molecular weight excluding hydrogens is 930 g/mol. The number of anilines is 1. The molecule has 0 unspecified atom stereocenters. The highest BCUT2D eigenvalue weighted by atomic mass is 31.2. The Balaban J connectivity index is 1.32. The van der Waals surface area contributed by atoms with Crippen molar-refractivity contribution in [3.8, 4) is 23.0 Å². The van der Waals surface area contributed by atoms with Gasteiger partial charge in [0.1, 0.15) is 23.0 Å². The third kappa shape index (κ3) is 9.54. The Morgan fingerprint density at radius 2 is 1.01 bits per heavy atom. The fourth-order valence-corrected chi connectivity index (χ4v) is 10.5. The minimum atomic E-state index is -6.30. The first-order valence-electron chi connectivity index (χ1n) is 20.5. The molecule has 0 bridgehead atoms. The van der Waals surface area contributed by atoms with Gasteiger partial charge in [-0.1, -0.05) is 91.0 Å². The minimum Gasteiger partial charge on any atom is -0.478 e. The molecule has 7 aromatic carbocycles. The first-order chi connectivity index (χ1) is 32.7. The summed E-state index contributed by atoms with van der Waals surface area (Å²) < 4.78 is 120. The van der Waals surface area contributed by atoms with Gasteiger partial charge in [0.15, 0.2) is 7.14 Å². The molecule has 4 N–H and O–H groups in total. The number of amides is 2. The highest BCUT2D eigenvalue weighted by Crippen LogP contribution is 2.57. The zero-order chi connectivity index (χ0) is 49.9. The molecule has 2 amide bonds. The van der Waals surface area contributed by atoms with Gasteiger partial charge in [0.05, 0.1) is 27.6 Å². The standard InChI is InChI=1S/C51H37F6N2O9P/c1-30-11-9-13-34(25-30)67-36-21-24-44(69(66,37-15-5-3-6-16-37)38-17-7-4-8-18-38)43(29-36)68-35-14-10-12-33(28-35)59-46(61)42-27-32(20-23-40(42)48(64)65)49(50(52,53)54,51(55,56)57)31-19-22-39(47(62)63)41(26-31)45(60)58-2/h3-29H,1-2H3,(H,58,60)(H,59,61)(H,62,63)(H,64,65). The molecule has 0 fully saturated rings. The maximum atomic E-state index is 15.6. The van der Waals surface area contributed by atoms with Gasteiger partial charge in [-0.05, 0) is 84.3 Å². The number of nitrogens with one attached hydrogen (secondary N) is 2. The molecule has 0 spiro atoms. The molecule has 7 aromatic rings. The molecule has 0 heterocycles. The lowest BCUT2D eigenvalue weighted by Gasteiger charge is -2.38. The zero-order valence-electron chi connectivity index (χ0n) is 36.1. The summed E-state index contributed by atoms with van der Waals surface area (Å²) in [6.45, 7) is 1.87. The summed E-state index contributed by atoms with van der Waals surface area (Å²) >= 11 is 0. The number of carbonyl (C=O) groups is 4. The van der Waals surface area contributed by atoms with Crippen LogP contribution < -0.4 is 36.0 Å². The van der Waals surface area contributed by atoms with E-state index in [4.69, 9.17) is 9.47 Å². The number of alkyl halides is 6. The maximum absolute atomic E-state index is 15.6. The van der Waals surface area contributed by atoms with Crippen molar-refractivity contribution >= 4 is 52.5 Å². The molecule has 11 nitrogen and oxygen atoms in total. The number of carboxylic acids is 2. The van der Waals surface area contributed by atoms with E-state index >= 15 is 30.9 Å². The Bertz CT molecular complexity index is 3110. The maximum Gasteiger partial charge on any atom is 0.411 e. The van der Waals surface area contributed by atoms with Crippen molar-refractivity contribution in [1.82, 2.24) is 5.32 Å². The molecule has 7 rings (SSSR count). The van der Waals surface area contributed by atoms with Gasteiger partial charge in [-0.15, -0.1) is 0 Å². The van der Waals surface area contributed by atoms with Crippen molar-refractivity contribution in [2.75, 3.05) is 12.4 Å². The Morgan fingerprint density at radius 3 is 1.51 bits per heavy atom. The van der Waals surface area contributed by atoms with E-state index in [1.165, 1.54) is 30.3 Å². The number of hydrogen-bond donors (Lipinski definition) is 4. The van der Waals surface area contributed by atoms with Gasteiger partial charge in [0.25, 0.3) is 11.8 Å². The molecular formula is C51H37F6N2O9P. The molecule has 352 valence electrons. The summed E-state index contributed by atoms with van der Waals surface area (Å²) in [5.41, 5.74) is -11.7. The van der Waals surface area contributed by atoms with Crippen molar-refractivity contribution in [2.24, 2.45) is 0 Å². The number of aryl methyl sites for hydroxylation is 1. The van der Waals surface area contributed by atoms with Crippen LogP contribution in [-0.4, -0.2) is 53.4 Å². The summed E-state index contributed by atoms with van der Waals surface area (Å²) in [6.07, 6.45) is -12.6. The summed E-state index contributed by atoms with van der Waals surface area (Å²) in [5.74, 6) is -5.73. The van der Waals surface area contributed by atoms with E-state index in [1.807, 2.05) is 18.3 Å². The quantitative estimate of drug-likeness (QED) is 0.0612. The lowest BCUT2D eigenvalue weighted by Crippen LogP contribution is -2.55. The number of hydrogen-bond acceptors (Lipinski definition) is 7. The fraction of sp³-hybridized carbons (Fsp3) is 0.0980. The monoisotopic (exact) mass is 966 g/mol. The van der Waals surface area contributed by atoms with Gasteiger partial charge in [0.2, 0.25) is 5.41 Å². The van der Waals surface area contributed by atoms with Crippen LogP contribution in [0.2, 0.25) is 0 Å². The van der Waals surface area contributed by atoms with E-state index in [-0.39, 0.29) is 52.5 Å². The topological polar surface area (TPSA) is 168 Å². The van der Waals surface area contributed by atoms with Crippen LogP contribution in [0.3, 0.4) is 0 Å². The summed E-state index contributed by atoms with van der Waals surface area (Å²) in [7, 11) is -2.77. The molecule has 0 saturated heterocycles. The summed E-state index contributed by atoms with van der Waals surface area (Å²) in [6, 6.07) is 36.0.